The lowest BCUT2D eigenvalue weighted by molar-refractivity contribution is -0.269. The van der Waals surface area contributed by atoms with Crippen molar-refractivity contribution in [2.24, 2.45) is 56.2 Å². The Kier molecular flexibility index (Phi) is 7.93. The molecule has 0 radical (unpaired) electrons. The molecule has 4 N–H and O–H groups in total. The van der Waals surface area contributed by atoms with Crippen molar-refractivity contribution in [2.45, 2.75) is 111 Å². The summed E-state index contributed by atoms with van der Waals surface area (Å²) in [5, 5.41) is 36.8. The fraction of sp³-hybridized carbons (Fsp3) is 0.763. The van der Waals surface area contributed by atoms with E-state index >= 15 is 0 Å². The number of nitrogens with one attached hydrogen (secondary N) is 1. The highest BCUT2D eigenvalue weighted by Crippen LogP contribution is 2.76. The predicted molar refractivity (Wildman–Crippen MR) is 175 cm³/mol. The first kappa shape index (κ1) is 33.6. The molecule has 6 rings (SSSR count). The number of aldehydes is 1. The van der Waals surface area contributed by atoms with Crippen LogP contribution in [0.3, 0.4) is 0 Å². The van der Waals surface area contributed by atoms with E-state index in [1.165, 1.54) is 0 Å². The van der Waals surface area contributed by atoms with E-state index in [2.05, 4.69) is 26.1 Å². The molecule has 46 heavy (non-hydrogen) atoms. The van der Waals surface area contributed by atoms with Gasteiger partial charge >= 0.3 is 5.97 Å². The average molecular weight is 638 g/mol. The second-order valence-corrected chi connectivity index (χ2v) is 17.4. The molecule has 0 spiro atoms. The maximum atomic E-state index is 14.7. The van der Waals surface area contributed by atoms with Crippen LogP contribution < -0.4 is 5.32 Å². The van der Waals surface area contributed by atoms with Crippen molar-refractivity contribution in [2.75, 3.05) is 19.0 Å². The second kappa shape index (κ2) is 10.9. The standard InChI is InChI=1S/C38H55NO7/c1-33(20-40)17-23-31-25(42)16-27-34(2)14-13-28(43)36(4,21-41)26(34)12-15-37(27,5)38(31,6)18-29(44)35(23,3)19-30(33)46-32(45)22-10-8-9-11-24(22)39-7/h8-11,20,23,26-31,39,41,43-44H,12-19,21H2,1-7H3. The zero-order valence-electron chi connectivity index (χ0n) is 28.8. The number of hydrogen-bond donors (Lipinski definition) is 4. The van der Waals surface area contributed by atoms with Crippen molar-refractivity contribution < 1.29 is 34.4 Å². The summed E-state index contributed by atoms with van der Waals surface area (Å²) in [6, 6.07) is 7.11. The first-order valence-electron chi connectivity index (χ1n) is 17.4. The summed E-state index contributed by atoms with van der Waals surface area (Å²) >= 11 is 0. The van der Waals surface area contributed by atoms with Crippen LogP contribution in [0.15, 0.2) is 24.3 Å². The lowest BCUT2D eigenvalue weighted by Crippen LogP contribution is -2.72. The van der Waals surface area contributed by atoms with E-state index < -0.39 is 45.9 Å². The summed E-state index contributed by atoms with van der Waals surface area (Å²) in [4.78, 5) is 41.1. The normalized spacial score (nSPS) is 49.9. The van der Waals surface area contributed by atoms with Crippen LogP contribution in [0.5, 0.6) is 0 Å². The summed E-state index contributed by atoms with van der Waals surface area (Å²) in [6.07, 6.45) is 3.50. The molecule has 5 fully saturated rings. The molecule has 5 aliphatic rings. The number of hydrogen-bond acceptors (Lipinski definition) is 8. The van der Waals surface area contributed by atoms with Crippen molar-refractivity contribution in [1.29, 1.82) is 0 Å². The third kappa shape index (κ3) is 4.31. The number of fused-ring (bicyclic) bond motifs is 7. The van der Waals surface area contributed by atoms with Crippen LogP contribution in [0.25, 0.3) is 0 Å². The average Bonchev–Trinajstić information content (AvgIpc) is 3.02. The summed E-state index contributed by atoms with van der Waals surface area (Å²) in [5.74, 6) is -0.732. The van der Waals surface area contributed by atoms with Gasteiger partial charge in [0.1, 0.15) is 18.2 Å². The predicted octanol–water partition coefficient (Wildman–Crippen LogP) is 5.43. The molecule has 1 aromatic carbocycles. The minimum atomic E-state index is -1.02. The first-order valence-corrected chi connectivity index (χ1v) is 17.4. The molecule has 0 heterocycles. The van der Waals surface area contributed by atoms with E-state index in [9.17, 15) is 29.7 Å². The van der Waals surface area contributed by atoms with Crippen LogP contribution in [0.4, 0.5) is 5.69 Å². The van der Waals surface area contributed by atoms with Crippen molar-refractivity contribution in [1.82, 2.24) is 0 Å². The van der Waals surface area contributed by atoms with Gasteiger partial charge < -0.3 is 30.2 Å². The molecule has 5 aliphatic carbocycles. The summed E-state index contributed by atoms with van der Waals surface area (Å²) in [5.41, 5.74) is -2.31. The quantitative estimate of drug-likeness (QED) is 0.248. The SMILES string of the molecule is CNc1ccccc1C(=O)OC1CC2(C)C(O)CC3(C)C(C(=O)CC4C5(C)CCC(O)C(C)(CO)C5CCC43C)C2CC1(C)C=O. The fourth-order valence-electron chi connectivity index (χ4n) is 12.3. The number of anilines is 1. The molecule has 0 bridgehead atoms. The third-order valence-electron chi connectivity index (χ3n) is 15.5. The second-order valence-electron chi connectivity index (χ2n) is 17.4. The number of aliphatic hydroxyl groups is 3. The molecular formula is C38H55NO7. The molecule has 8 heteroatoms. The van der Waals surface area contributed by atoms with E-state index in [0.29, 0.717) is 43.4 Å². The Morgan fingerprint density at radius 3 is 2.28 bits per heavy atom. The van der Waals surface area contributed by atoms with Gasteiger partial charge in [-0.15, -0.1) is 0 Å². The van der Waals surface area contributed by atoms with Crippen LogP contribution in [0.2, 0.25) is 0 Å². The summed E-state index contributed by atoms with van der Waals surface area (Å²) in [6.45, 7) is 12.6. The molecule has 254 valence electrons. The number of benzene rings is 1. The number of Topliss-reactive ketones (excluding diaryl/α,β-unsaturated/α-hetero) is 1. The van der Waals surface area contributed by atoms with Gasteiger partial charge in [0.25, 0.3) is 0 Å². The maximum absolute atomic E-state index is 14.7. The van der Waals surface area contributed by atoms with Gasteiger partial charge in [0.05, 0.1) is 29.8 Å². The van der Waals surface area contributed by atoms with Gasteiger partial charge in [0, 0.05) is 35.9 Å². The number of esters is 1. The Morgan fingerprint density at radius 1 is 0.935 bits per heavy atom. The summed E-state index contributed by atoms with van der Waals surface area (Å²) in [7, 11) is 1.74. The zero-order chi connectivity index (χ0) is 33.7. The van der Waals surface area contributed by atoms with E-state index in [4.69, 9.17) is 4.74 Å². The molecule has 0 aliphatic heterocycles. The Labute approximate surface area is 274 Å². The summed E-state index contributed by atoms with van der Waals surface area (Å²) < 4.78 is 6.15. The highest BCUT2D eigenvalue weighted by molar-refractivity contribution is 5.95. The largest absolute Gasteiger partial charge is 0.458 e. The number of carbonyl (C=O) groups is 3. The Bertz CT molecular complexity index is 1410. The molecule has 0 amide bonds. The van der Waals surface area contributed by atoms with E-state index in [1.807, 2.05) is 26.8 Å². The minimum Gasteiger partial charge on any atom is -0.458 e. The van der Waals surface area contributed by atoms with Gasteiger partial charge in [-0.1, -0.05) is 46.8 Å². The molecule has 1 aromatic rings. The van der Waals surface area contributed by atoms with Crippen molar-refractivity contribution >= 4 is 23.7 Å². The van der Waals surface area contributed by atoms with Gasteiger partial charge in [-0.3, -0.25) is 4.79 Å². The molecule has 13 unspecified atom stereocenters. The monoisotopic (exact) mass is 637 g/mol. The van der Waals surface area contributed by atoms with Gasteiger partial charge in [-0.2, -0.15) is 0 Å². The van der Waals surface area contributed by atoms with Crippen LogP contribution in [0.1, 0.15) is 103 Å². The minimum absolute atomic E-state index is 0.0597. The van der Waals surface area contributed by atoms with Crippen LogP contribution in [-0.2, 0) is 14.3 Å². The van der Waals surface area contributed by atoms with Crippen molar-refractivity contribution in [3.05, 3.63) is 29.8 Å². The molecule has 5 saturated carbocycles. The van der Waals surface area contributed by atoms with Gasteiger partial charge in [-0.05, 0) is 98.0 Å². The lowest BCUT2D eigenvalue weighted by Gasteiger charge is -2.73. The van der Waals surface area contributed by atoms with Gasteiger partial charge in [0.2, 0.25) is 0 Å². The highest BCUT2D eigenvalue weighted by atomic mass is 16.5. The molecule has 0 saturated heterocycles. The molecule has 13 atom stereocenters. The number of para-hydroxylation sites is 1. The number of rotatable bonds is 5. The van der Waals surface area contributed by atoms with E-state index in [1.54, 1.807) is 25.2 Å². The Balaban J connectivity index is 1.35. The molecule has 0 aromatic heterocycles. The Morgan fingerprint density at radius 2 is 1.63 bits per heavy atom. The van der Waals surface area contributed by atoms with E-state index in [-0.39, 0.29) is 46.9 Å². The Hall–Kier alpha value is -2.29. The van der Waals surface area contributed by atoms with Crippen molar-refractivity contribution in [3.63, 3.8) is 0 Å². The fourth-order valence-corrected chi connectivity index (χ4v) is 12.3. The lowest BCUT2D eigenvalue weighted by atomic mass is 9.31. The number of ether oxygens (including phenoxy) is 1. The third-order valence-corrected chi connectivity index (χ3v) is 15.5. The topological polar surface area (TPSA) is 133 Å². The van der Waals surface area contributed by atoms with Crippen LogP contribution in [0, 0.1) is 56.2 Å². The van der Waals surface area contributed by atoms with Gasteiger partial charge in [0.15, 0.2) is 0 Å². The number of ketones is 1. The van der Waals surface area contributed by atoms with E-state index in [0.717, 1.165) is 25.5 Å². The zero-order valence-corrected chi connectivity index (χ0v) is 28.8. The smallest absolute Gasteiger partial charge is 0.340 e. The molecular weight excluding hydrogens is 582 g/mol. The van der Waals surface area contributed by atoms with Gasteiger partial charge in [-0.25, -0.2) is 4.79 Å². The van der Waals surface area contributed by atoms with Crippen LogP contribution >= 0.6 is 0 Å². The number of aliphatic hydroxyl groups excluding tert-OH is 3. The molecule has 8 nitrogen and oxygen atoms in total. The van der Waals surface area contributed by atoms with Crippen molar-refractivity contribution in [3.8, 4) is 0 Å². The highest BCUT2D eigenvalue weighted by Gasteiger charge is 2.74. The number of carbonyl (C=O) groups excluding carboxylic acids is 3. The van der Waals surface area contributed by atoms with Crippen LogP contribution in [-0.4, -0.2) is 65.3 Å². The maximum Gasteiger partial charge on any atom is 0.340 e. The first-order chi connectivity index (χ1) is 21.5.